The van der Waals surface area contributed by atoms with E-state index in [1.54, 1.807) is 0 Å². The summed E-state index contributed by atoms with van der Waals surface area (Å²) in [5.74, 6) is 1.62. The van der Waals surface area contributed by atoms with Gasteiger partial charge in [0.2, 0.25) is 0 Å². The van der Waals surface area contributed by atoms with E-state index < -0.39 is 0 Å². The van der Waals surface area contributed by atoms with Crippen LogP contribution in [0.4, 0.5) is 0 Å². The van der Waals surface area contributed by atoms with E-state index in [2.05, 4.69) is 19.2 Å². The van der Waals surface area contributed by atoms with Gasteiger partial charge in [0.1, 0.15) is 0 Å². The van der Waals surface area contributed by atoms with E-state index in [4.69, 9.17) is 5.73 Å². The Morgan fingerprint density at radius 3 is 2.59 bits per heavy atom. The van der Waals surface area contributed by atoms with Crippen molar-refractivity contribution >= 4 is 0 Å². The fraction of sp³-hybridized carbons (Fsp3) is 1.00. The summed E-state index contributed by atoms with van der Waals surface area (Å²) < 4.78 is 0. The van der Waals surface area contributed by atoms with Gasteiger partial charge in [0.25, 0.3) is 0 Å². The first-order valence-electron chi connectivity index (χ1n) is 7.67. The Hall–Kier alpha value is -0.0800. The molecule has 0 aliphatic heterocycles. The quantitative estimate of drug-likeness (QED) is 0.607. The molecule has 2 atom stereocenters. The summed E-state index contributed by atoms with van der Waals surface area (Å²) in [6.45, 7) is 6.69. The molecular weight excluding hydrogens is 208 g/mol. The predicted molar refractivity (Wildman–Crippen MR) is 76.1 cm³/mol. The first-order valence-corrected chi connectivity index (χ1v) is 7.67. The molecule has 0 aromatic carbocycles. The van der Waals surface area contributed by atoms with Gasteiger partial charge in [-0.1, -0.05) is 46.0 Å². The smallest absolute Gasteiger partial charge is 0.0107 e. The van der Waals surface area contributed by atoms with Crippen molar-refractivity contribution in [1.29, 1.82) is 0 Å². The van der Waals surface area contributed by atoms with Gasteiger partial charge in [0.15, 0.2) is 0 Å². The maximum Gasteiger partial charge on any atom is 0.0107 e. The van der Waals surface area contributed by atoms with Crippen LogP contribution in [0.15, 0.2) is 0 Å². The zero-order valence-electron chi connectivity index (χ0n) is 11.9. The molecule has 17 heavy (non-hydrogen) atoms. The zero-order chi connectivity index (χ0) is 12.5. The maximum absolute atomic E-state index is 5.78. The molecule has 1 aliphatic carbocycles. The number of hydrogen-bond acceptors (Lipinski definition) is 2. The summed E-state index contributed by atoms with van der Waals surface area (Å²) in [5.41, 5.74) is 5.78. The van der Waals surface area contributed by atoms with Crippen molar-refractivity contribution in [1.82, 2.24) is 5.32 Å². The molecule has 0 saturated heterocycles. The Bertz CT molecular complexity index is 180. The molecule has 1 fully saturated rings. The molecule has 0 heterocycles. The second kappa shape index (κ2) is 8.93. The lowest BCUT2D eigenvalue weighted by Gasteiger charge is -2.19. The van der Waals surface area contributed by atoms with Crippen LogP contribution in [0.25, 0.3) is 0 Å². The molecule has 1 saturated carbocycles. The second-order valence-electron chi connectivity index (χ2n) is 6.08. The summed E-state index contributed by atoms with van der Waals surface area (Å²) in [7, 11) is 0. The summed E-state index contributed by atoms with van der Waals surface area (Å²) in [5, 5.41) is 3.70. The van der Waals surface area contributed by atoms with E-state index in [9.17, 15) is 0 Å². The van der Waals surface area contributed by atoms with Crippen molar-refractivity contribution in [2.45, 2.75) is 71.3 Å². The van der Waals surface area contributed by atoms with Gasteiger partial charge in [-0.25, -0.2) is 0 Å². The average molecular weight is 240 g/mol. The minimum Gasteiger partial charge on any atom is -0.330 e. The molecule has 0 spiro atoms. The molecule has 2 heteroatoms. The minimum absolute atomic E-state index is 0.718. The van der Waals surface area contributed by atoms with E-state index in [1.807, 2.05) is 0 Å². The van der Waals surface area contributed by atoms with Crippen molar-refractivity contribution in [3.8, 4) is 0 Å². The lowest BCUT2D eigenvalue weighted by atomic mass is 10.0. The van der Waals surface area contributed by atoms with Crippen molar-refractivity contribution < 1.29 is 0 Å². The SMILES string of the molecule is CC(C)CCCCCCNC1CCCC1CN. The Balaban J connectivity index is 1.90. The number of nitrogens with one attached hydrogen (secondary N) is 1. The van der Waals surface area contributed by atoms with E-state index in [0.29, 0.717) is 0 Å². The molecule has 2 unspecified atom stereocenters. The molecule has 3 N–H and O–H groups in total. The third kappa shape index (κ3) is 6.42. The number of rotatable bonds is 9. The molecule has 102 valence electrons. The molecule has 1 aliphatic rings. The van der Waals surface area contributed by atoms with Gasteiger partial charge in [0.05, 0.1) is 0 Å². The third-order valence-electron chi connectivity index (χ3n) is 4.08. The molecular formula is C15H32N2. The standard InChI is InChI=1S/C15H32N2/c1-13(2)8-5-3-4-6-11-17-15-10-7-9-14(15)12-16/h13-15,17H,3-12,16H2,1-2H3. The topological polar surface area (TPSA) is 38.0 Å². The van der Waals surface area contributed by atoms with Gasteiger partial charge >= 0.3 is 0 Å². The molecule has 1 rings (SSSR count). The third-order valence-corrected chi connectivity index (χ3v) is 4.08. The summed E-state index contributed by atoms with van der Waals surface area (Å²) in [6, 6.07) is 0.718. The highest BCUT2D eigenvalue weighted by molar-refractivity contribution is 4.83. The summed E-state index contributed by atoms with van der Waals surface area (Å²) in [4.78, 5) is 0. The van der Waals surface area contributed by atoms with Crippen molar-refractivity contribution in [2.75, 3.05) is 13.1 Å². The molecule has 0 aromatic heterocycles. The van der Waals surface area contributed by atoms with Crippen molar-refractivity contribution in [3.63, 3.8) is 0 Å². The molecule has 0 bridgehead atoms. The Kier molecular flexibility index (Phi) is 7.87. The van der Waals surface area contributed by atoms with Crippen molar-refractivity contribution in [3.05, 3.63) is 0 Å². The first-order chi connectivity index (χ1) is 8.24. The fourth-order valence-electron chi connectivity index (χ4n) is 2.91. The number of unbranched alkanes of at least 4 members (excludes halogenated alkanes) is 3. The van der Waals surface area contributed by atoms with Crippen LogP contribution in [0.2, 0.25) is 0 Å². The number of hydrogen-bond donors (Lipinski definition) is 2. The van der Waals surface area contributed by atoms with Gasteiger partial charge in [0, 0.05) is 6.04 Å². The lowest BCUT2D eigenvalue weighted by molar-refractivity contribution is 0.400. The van der Waals surface area contributed by atoms with Crippen LogP contribution in [0.3, 0.4) is 0 Å². The Morgan fingerprint density at radius 2 is 1.88 bits per heavy atom. The van der Waals surface area contributed by atoms with Crippen LogP contribution in [-0.4, -0.2) is 19.1 Å². The molecule has 0 radical (unpaired) electrons. The lowest BCUT2D eigenvalue weighted by Crippen LogP contribution is -2.36. The zero-order valence-corrected chi connectivity index (χ0v) is 11.9. The van der Waals surface area contributed by atoms with Gasteiger partial charge in [-0.3, -0.25) is 0 Å². The monoisotopic (exact) mass is 240 g/mol. The van der Waals surface area contributed by atoms with Crippen LogP contribution < -0.4 is 11.1 Å². The van der Waals surface area contributed by atoms with Crippen LogP contribution >= 0.6 is 0 Å². The van der Waals surface area contributed by atoms with Crippen LogP contribution in [-0.2, 0) is 0 Å². The Morgan fingerprint density at radius 1 is 1.12 bits per heavy atom. The van der Waals surface area contributed by atoms with Crippen molar-refractivity contribution in [2.24, 2.45) is 17.6 Å². The highest BCUT2D eigenvalue weighted by atomic mass is 14.9. The van der Waals surface area contributed by atoms with Gasteiger partial charge in [-0.15, -0.1) is 0 Å². The van der Waals surface area contributed by atoms with Gasteiger partial charge < -0.3 is 11.1 Å². The molecule has 0 amide bonds. The van der Waals surface area contributed by atoms with Crippen LogP contribution in [0.1, 0.15) is 65.2 Å². The minimum atomic E-state index is 0.718. The van der Waals surface area contributed by atoms with Crippen LogP contribution in [0.5, 0.6) is 0 Å². The van der Waals surface area contributed by atoms with Crippen LogP contribution in [0, 0.1) is 11.8 Å². The highest BCUT2D eigenvalue weighted by Crippen LogP contribution is 2.24. The number of nitrogens with two attached hydrogens (primary N) is 1. The second-order valence-corrected chi connectivity index (χ2v) is 6.08. The normalized spacial score (nSPS) is 24.7. The largest absolute Gasteiger partial charge is 0.330 e. The van der Waals surface area contributed by atoms with Gasteiger partial charge in [-0.2, -0.15) is 0 Å². The summed E-state index contributed by atoms with van der Waals surface area (Å²) in [6.07, 6.45) is 11.0. The first kappa shape index (κ1) is 15.0. The highest BCUT2D eigenvalue weighted by Gasteiger charge is 2.24. The fourth-order valence-corrected chi connectivity index (χ4v) is 2.91. The average Bonchev–Trinajstić information content (AvgIpc) is 2.74. The van der Waals surface area contributed by atoms with E-state index in [1.165, 1.54) is 57.9 Å². The molecule has 2 nitrogen and oxygen atoms in total. The summed E-state index contributed by atoms with van der Waals surface area (Å²) >= 11 is 0. The van der Waals surface area contributed by atoms with E-state index in [-0.39, 0.29) is 0 Å². The van der Waals surface area contributed by atoms with E-state index in [0.717, 1.165) is 24.4 Å². The Labute approximate surface area is 108 Å². The van der Waals surface area contributed by atoms with Gasteiger partial charge in [-0.05, 0) is 44.2 Å². The molecule has 0 aromatic rings. The maximum atomic E-state index is 5.78. The van der Waals surface area contributed by atoms with E-state index >= 15 is 0 Å². The predicted octanol–water partition coefficient (Wildman–Crippen LogP) is 3.31.